The molecule has 1 aromatic heterocycles. The second kappa shape index (κ2) is 4.21. The van der Waals surface area contributed by atoms with E-state index in [0.29, 0.717) is 12.1 Å². The molecule has 1 aromatic rings. The molecule has 0 bridgehead atoms. The Bertz CT molecular complexity index is 483. The minimum absolute atomic E-state index is 0.0639. The van der Waals surface area contributed by atoms with Crippen LogP contribution in [0.25, 0.3) is 0 Å². The van der Waals surface area contributed by atoms with Gasteiger partial charge in [-0.1, -0.05) is 0 Å². The molecule has 1 unspecified atom stereocenters. The molecule has 7 heteroatoms. The number of rotatable bonds is 2. The van der Waals surface area contributed by atoms with Gasteiger partial charge in [-0.25, -0.2) is 8.42 Å². The monoisotopic (exact) mass is 305 g/mol. The van der Waals surface area contributed by atoms with E-state index in [4.69, 9.17) is 5.73 Å². The van der Waals surface area contributed by atoms with Crippen LogP contribution in [0.1, 0.15) is 6.42 Å². The number of anilines is 2. The smallest absolute Gasteiger partial charge is 0.152 e. The summed E-state index contributed by atoms with van der Waals surface area (Å²) in [6.07, 6.45) is 3.79. The zero-order valence-electron chi connectivity index (χ0n) is 8.48. The van der Waals surface area contributed by atoms with Crippen LogP contribution < -0.4 is 11.1 Å². The molecule has 0 aromatic carbocycles. The number of nitrogen functional groups attached to an aromatic ring is 1. The van der Waals surface area contributed by atoms with Gasteiger partial charge in [0.15, 0.2) is 9.84 Å². The van der Waals surface area contributed by atoms with Crippen LogP contribution in [0.4, 0.5) is 11.4 Å². The second-order valence-corrected chi connectivity index (χ2v) is 6.91. The zero-order chi connectivity index (χ0) is 11.8. The fourth-order valence-corrected chi connectivity index (χ4v) is 3.85. The number of halogens is 1. The molecule has 88 valence electrons. The Morgan fingerprint density at radius 3 is 2.81 bits per heavy atom. The molecule has 1 saturated heterocycles. The van der Waals surface area contributed by atoms with Gasteiger partial charge in [0, 0.05) is 12.2 Å². The van der Waals surface area contributed by atoms with Crippen LogP contribution >= 0.6 is 15.9 Å². The zero-order valence-corrected chi connectivity index (χ0v) is 10.9. The lowest BCUT2D eigenvalue weighted by molar-refractivity contribution is 0.602. The van der Waals surface area contributed by atoms with E-state index in [2.05, 4.69) is 26.2 Å². The average Bonchev–Trinajstić information content (AvgIpc) is 2.52. The molecule has 1 atom stereocenters. The van der Waals surface area contributed by atoms with Crippen molar-refractivity contribution in [3.05, 3.63) is 16.9 Å². The summed E-state index contributed by atoms with van der Waals surface area (Å²) in [7, 11) is -2.88. The van der Waals surface area contributed by atoms with E-state index >= 15 is 0 Å². The van der Waals surface area contributed by atoms with E-state index < -0.39 is 9.84 Å². The first-order valence-electron chi connectivity index (χ1n) is 4.84. The van der Waals surface area contributed by atoms with Crippen molar-refractivity contribution in [3.63, 3.8) is 0 Å². The van der Waals surface area contributed by atoms with E-state index in [1.54, 1.807) is 6.20 Å². The van der Waals surface area contributed by atoms with Crippen molar-refractivity contribution in [1.29, 1.82) is 0 Å². The molecule has 0 saturated carbocycles. The fourth-order valence-electron chi connectivity index (χ4n) is 1.72. The Balaban J connectivity index is 2.16. The van der Waals surface area contributed by atoms with Crippen molar-refractivity contribution in [2.24, 2.45) is 0 Å². The average molecular weight is 306 g/mol. The number of aromatic nitrogens is 1. The maximum absolute atomic E-state index is 11.3. The highest BCUT2D eigenvalue weighted by molar-refractivity contribution is 9.10. The number of nitrogens with zero attached hydrogens (tertiary/aromatic N) is 1. The number of sulfone groups is 1. The van der Waals surface area contributed by atoms with Crippen LogP contribution in [0.5, 0.6) is 0 Å². The van der Waals surface area contributed by atoms with Gasteiger partial charge in [0.05, 0.1) is 33.6 Å². The van der Waals surface area contributed by atoms with Gasteiger partial charge in [0.2, 0.25) is 0 Å². The molecule has 0 amide bonds. The summed E-state index contributed by atoms with van der Waals surface area (Å²) in [4.78, 5) is 3.92. The largest absolute Gasteiger partial charge is 0.396 e. The number of hydrogen-bond donors (Lipinski definition) is 2. The standard InChI is InChI=1S/C9H12BrN3O2S/c10-7-3-12-4-8(11)9(7)13-6-1-2-16(14,15)5-6/h3-4,6H,1-2,5,11H2,(H,12,13). The first-order valence-corrected chi connectivity index (χ1v) is 7.45. The summed E-state index contributed by atoms with van der Waals surface area (Å²) in [6, 6.07) is -0.0639. The van der Waals surface area contributed by atoms with Crippen LogP contribution in [0, 0.1) is 0 Å². The third-order valence-corrected chi connectivity index (χ3v) is 4.88. The molecule has 2 heterocycles. The van der Waals surface area contributed by atoms with E-state index in [9.17, 15) is 8.42 Å². The van der Waals surface area contributed by atoms with Gasteiger partial charge in [-0.15, -0.1) is 0 Å². The number of nitrogens with one attached hydrogen (secondary N) is 1. The normalized spacial score (nSPS) is 23.2. The maximum Gasteiger partial charge on any atom is 0.152 e. The Kier molecular flexibility index (Phi) is 3.07. The molecule has 0 aliphatic carbocycles. The van der Waals surface area contributed by atoms with Crippen molar-refractivity contribution in [2.75, 3.05) is 22.6 Å². The van der Waals surface area contributed by atoms with Crippen molar-refractivity contribution in [1.82, 2.24) is 4.98 Å². The minimum Gasteiger partial charge on any atom is -0.396 e. The lowest BCUT2D eigenvalue weighted by Gasteiger charge is -2.15. The Morgan fingerprint density at radius 2 is 2.25 bits per heavy atom. The molecule has 0 spiro atoms. The van der Waals surface area contributed by atoms with E-state index in [-0.39, 0.29) is 17.5 Å². The van der Waals surface area contributed by atoms with Crippen molar-refractivity contribution < 1.29 is 8.42 Å². The predicted molar refractivity (Wildman–Crippen MR) is 67.0 cm³/mol. The van der Waals surface area contributed by atoms with Crippen molar-refractivity contribution >= 4 is 37.1 Å². The molecular formula is C9H12BrN3O2S. The van der Waals surface area contributed by atoms with Crippen molar-refractivity contribution in [2.45, 2.75) is 12.5 Å². The first kappa shape index (κ1) is 11.7. The van der Waals surface area contributed by atoms with Gasteiger partial charge in [-0.05, 0) is 22.4 Å². The summed E-state index contributed by atoms with van der Waals surface area (Å²) in [6.45, 7) is 0. The summed E-state index contributed by atoms with van der Waals surface area (Å²) < 4.78 is 23.4. The highest BCUT2D eigenvalue weighted by atomic mass is 79.9. The van der Waals surface area contributed by atoms with Crippen LogP contribution in [0.3, 0.4) is 0 Å². The number of pyridine rings is 1. The Labute approximate surface area is 102 Å². The Hall–Kier alpha value is -0.820. The van der Waals surface area contributed by atoms with Gasteiger partial charge in [0.1, 0.15) is 0 Å². The SMILES string of the molecule is Nc1cncc(Br)c1NC1CCS(=O)(=O)C1. The summed E-state index contributed by atoms with van der Waals surface area (Å²) in [5, 5.41) is 3.14. The second-order valence-electron chi connectivity index (χ2n) is 3.83. The molecule has 0 radical (unpaired) electrons. The molecule has 1 fully saturated rings. The first-order chi connectivity index (χ1) is 7.48. The van der Waals surface area contributed by atoms with Gasteiger partial charge in [-0.3, -0.25) is 4.98 Å². The van der Waals surface area contributed by atoms with Gasteiger partial charge >= 0.3 is 0 Å². The minimum atomic E-state index is -2.88. The number of nitrogens with two attached hydrogens (primary N) is 1. The van der Waals surface area contributed by atoms with Crippen molar-refractivity contribution in [3.8, 4) is 0 Å². The molecule has 16 heavy (non-hydrogen) atoms. The van der Waals surface area contributed by atoms with Crippen LogP contribution in [0.2, 0.25) is 0 Å². The Morgan fingerprint density at radius 1 is 1.50 bits per heavy atom. The van der Waals surface area contributed by atoms with Crippen LogP contribution in [-0.4, -0.2) is 30.9 Å². The third kappa shape index (κ3) is 2.46. The molecular weight excluding hydrogens is 294 g/mol. The summed E-state index contributed by atoms with van der Waals surface area (Å²) in [5.74, 6) is 0.411. The third-order valence-electron chi connectivity index (χ3n) is 2.51. The quantitative estimate of drug-likeness (QED) is 0.852. The van der Waals surface area contributed by atoms with Gasteiger partial charge < -0.3 is 11.1 Å². The predicted octanol–water partition coefficient (Wildman–Crippen LogP) is 1.03. The highest BCUT2D eigenvalue weighted by Crippen LogP contribution is 2.29. The van der Waals surface area contributed by atoms with Gasteiger partial charge in [0.25, 0.3) is 0 Å². The molecule has 1 aliphatic heterocycles. The highest BCUT2D eigenvalue weighted by Gasteiger charge is 2.28. The lowest BCUT2D eigenvalue weighted by Crippen LogP contribution is -2.21. The molecule has 5 nitrogen and oxygen atoms in total. The molecule has 3 N–H and O–H groups in total. The van der Waals surface area contributed by atoms with E-state index in [1.807, 2.05) is 0 Å². The topological polar surface area (TPSA) is 85.1 Å². The van der Waals surface area contributed by atoms with Crippen LogP contribution in [0.15, 0.2) is 16.9 Å². The fraction of sp³-hybridized carbons (Fsp3) is 0.444. The van der Waals surface area contributed by atoms with Gasteiger partial charge in [-0.2, -0.15) is 0 Å². The van der Waals surface area contributed by atoms with E-state index in [0.717, 1.165) is 10.2 Å². The number of hydrogen-bond acceptors (Lipinski definition) is 5. The maximum atomic E-state index is 11.3. The summed E-state index contributed by atoms with van der Waals surface area (Å²) >= 11 is 3.33. The summed E-state index contributed by atoms with van der Waals surface area (Å²) in [5.41, 5.74) is 6.99. The van der Waals surface area contributed by atoms with Crippen LogP contribution in [-0.2, 0) is 9.84 Å². The molecule has 2 rings (SSSR count). The lowest BCUT2D eigenvalue weighted by atomic mass is 10.2. The van der Waals surface area contributed by atoms with E-state index in [1.165, 1.54) is 6.20 Å². The molecule has 1 aliphatic rings.